The predicted molar refractivity (Wildman–Crippen MR) is 117 cm³/mol. The Bertz CT molecular complexity index is 1160. The summed E-state index contributed by atoms with van der Waals surface area (Å²) < 4.78 is 24.1. The van der Waals surface area contributed by atoms with Gasteiger partial charge < -0.3 is 18.9 Å². The molecule has 0 N–H and O–H groups in total. The van der Waals surface area contributed by atoms with E-state index in [0.29, 0.717) is 13.2 Å². The molecule has 156 valence electrons. The zero-order chi connectivity index (χ0) is 21.1. The van der Waals surface area contributed by atoms with Gasteiger partial charge in [0.25, 0.3) is 0 Å². The Balaban J connectivity index is 1.82. The molecule has 2 aromatic carbocycles. The molecule has 0 fully saturated rings. The van der Waals surface area contributed by atoms with Crippen LogP contribution in [-0.4, -0.2) is 44.9 Å². The number of thiazole rings is 1. The van der Waals surface area contributed by atoms with Crippen molar-refractivity contribution in [3.05, 3.63) is 52.1 Å². The summed E-state index contributed by atoms with van der Waals surface area (Å²) in [5, 5.41) is 6.89. The number of fused-ring (bicyclic) bond motifs is 1. The zero-order valence-electron chi connectivity index (χ0n) is 17.3. The standard InChI is InChI=1S/C22H23N3O4S/c1-14(15-5-7-20-21(11-15)29-10-9-28-20)24-25-18(13-30-22(25)23-2)17-12-16(26-3)6-8-19(17)27-4/h5-8,11-13H,9-10H2,1-4H3. The normalized spacial score (nSPS) is 14.0. The molecule has 8 heteroatoms. The number of ether oxygens (including phenoxy) is 4. The van der Waals surface area contributed by atoms with Crippen molar-refractivity contribution in [1.82, 2.24) is 4.68 Å². The summed E-state index contributed by atoms with van der Waals surface area (Å²) >= 11 is 1.51. The number of aromatic nitrogens is 1. The predicted octanol–water partition coefficient (Wildman–Crippen LogP) is 3.81. The van der Waals surface area contributed by atoms with E-state index in [2.05, 4.69) is 4.99 Å². The first-order chi connectivity index (χ1) is 14.6. The van der Waals surface area contributed by atoms with Gasteiger partial charge in [-0.1, -0.05) is 0 Å². The fraction of sp³-hybridized carbons (Fsp3) is 0.273. The minimum atomic E-state index is 0.546. The largest absolute Gasteiger partial charge is 0.497 e. The van der Waals surface area contributed by atoms with Crippen molar-refractivity contribution in [2.75, 3.05) is 34.5 Å². The average Bonchev–Trinajstić information content (AvgIpc) is 3.20. The Hall–Kier alpha value is -3.26. The minimum absolute atomic E-state index is 0.546. The minimum Gasteiger partial charge on any atom is -0.497 e. The molecule has 1 aliphatic rings. The van der Waals surface area contributed by atoms with Gasteiger partial charge in [-0.05, 0) is 43.3 Å². The van der Waals surface area contributed by atoms with Gasteiger partial charge in [-0.25, -0.2) is 4.68 Å². The van der Waals surface area contributed by atoms with E-state index in [9.17, 15) is 0 Å². The molecular formula is C22H23N3O4S. The smallest absolute Gasteiger partial charge is 0.205 e. The van der Waals surface area contributed by atoms with Crippen LogP contribution in [0.4, 0.5) is 0 Å². The maximum absolute atomic E-state index is 5.71. The Morgan fingerprint density at radius 1 is 1.03 bits per heavy atom. The summed E-state index contributed by atoms with van der Waals surface area (Å²) in [5.74, 6) is 2.97. The molecule has 0 bridgehead atoms. The summed E-state index contributed by atoms with van der Waals surface area (Å²) in [7, 11) is 5.05. The highest BCUT2D eigenvalue weighted by Crippen LogP contribution is 2.34. The Morgan fingerprint density at radius 2 is 1.83 bits per heavy atom. The van der Waals surface area contributed by atoms with E-state index in [-0.39, 0.29) is 0 Å². The molecule has 30 heavy (non-hydrogen) atoms. The summed E-state index contributed by atoms with van der Waals surface area (Å²) in [4.78, 5) is 5.16. The fourth-order valence-corrected chi connectivity index (χ4v) is 4.01. The van der Waals surface area contributed by atoms with Crippen LogP contribution in [0.1, 0.15) is 12.5 Å². The summed E-state index contributed by atoms with van der Waals surface area (Å²) in [6, 6.07) is 11.5. The number of benzene rings is 2. The molecule has 0 amide bonds. The van der Waals surface area contributed by atoms with Crippen LogP contribution in [0, 0.1) is 0 Å². The molecule has 2 heterocycles. The van der Waals surface area contributed by atoms with E-state index < -0.39 is 0 Å². The topological polar surface area (TPSA) is 66.6 Å². The number of hydrogen-bond donors (Lipinski definition) is 0. The van der Waals surface area contributed by atoms with Crippen molar-refractivity contribution in [2.24, 2.45) is 10.1 Å². The van der Waals surface area contributed by atoms with Gasteiger partial charge in [0.05, 0.1) is 25.6 Å². The Labute approximate surface area is 178 Å². The number of methoxy groups -OCH3 is 2. The Morgan fingerprint density at radius 3 is 2.57 bits per heavy atom. The lowest BCUT2D eigenvalue weighted by Crippen LogP contribution is -2.16. The Kier molecular flexibility index (Phi) is 5.76. The zero-order valence-corrected chi connectivity index (χ0v) is 18.2. The van der Waals surface area contributed by atoms with Crippen LogP contribution in [-0.2, 0) is 0 Å². The molecule has 7 nitrogen and oxygen atoms in total. The molecular weight excluding hydrogens is 402 g/mol. The molecule has 0 atom stereocenters. The molecule has 0 unspecified atom stereocenters. The van der Waals surface area contributed by atoms with Crippen LogP contribution in [0.25, 0.3) is 11.3 Å². The van der Waals surface area contributed by atoms with E-state index in [4.69, 9.17) is 24.0 Å². The third-order valence-electron chi connectivity index (χ3n) is 4.77. The van der Waals surface area contributed by atoms with Crippen molar-refractivity contribution in [3.8, 4) is 34.3 Å². The van der Waals surface area contributed by atoms with Crippen molar-refractivity contribution in [3.63, 3.8) is 0 Å². The van der Waals surface area contributed by atoms with Crippen LogP contribution in [0.5, 0.6) is 23.0 Å². The third kappa shape index (κ3) is 3.78. The van der Waals surface area contributed by atoms with Crippen molar-refractivity contribution < 1.29 is 18.9 Å². The van der Waals surface area contributed by atoms with Crippen molar-refractivity contribution in [2.45, 2.75) is 6.92 Å². The van der Waals surface area contributed by atoms with Crippen LogP contribution < -0.4 is 23.7 Å². The molecule has 0 radical (unpaired) electrons. The maximum Gasteiger partial charge on any atom is 0.205 e. The van der Waals surface area contributed by atoms with Crippen molar-refractivity contribution in [1.29, 1.82) is 0 Å². The monoisotopic (exact) mass is 425 g/mol. The number of nitrogens with zero attached hydrogens (tertiary/aromatic N) is 3. The molecule has 0 saturated heterocycles. The summed E-state index contributed by atoms with van der Waals surface area (Å²) in [6.07, 6.45) is 0. The molecule has 0 aliphatic carbocycles. The second-order valence-corrected chi connectivity index (χ2v) is 7.39. The van der Waals surface area contributed by atoms with Gasteiger partial charge in [0, 0.05) is 23.6 Å². The van der Waals surface area contributed by atoms with E-state index >= 15 is 0 Å². The summed E-state index contributed by atoms with van der Waals surface area (Å²) in [5.41, 5.74) is 3.52. The lowest BCUT2D eigenvalue weighted by molar-refractivity contribution is 0.171. The second kappa shape index (κ2) is 8.62. The first-order valence-corrected chi connectivity index (χ1v) is 10.3. The van der Waals surface area contributed by atoms with E-state index in [0.717, 1.165) is 50.3 Å². The molecule has 1 aromatic heterocycles. The quantitative estimate of drug-likeness (QED) is 0.583. The molecule has 3 aromatic rings. The molecule has 1 aliphatic heterocycles. The molecule has 0 saturated carbocycles. The molecule has 4 rings (SSSR count). The van der Waals surface area contributed by atoms with Gasteiger partial charge in [0.2, 0.25) is 4.80 Å². The number of rotatable bonds is 5. The maximum atomic E-state index is 5.71. The number of hydrogen-bond acceptors (Lipinski definition) is 7. The molecule has 0 spiro atoms. The van der Waals surface area contributed by atoms with Crippen LogP contribution in [0.3, 0.4) is 0 Å². The third-order valence-corrected chi connectivity index (χ3v) is 5.68. The van der Waals surface area contributed by atoms with Crippen molar-refractivity contribution >= 4 is 17.0 Å². The van der Waals surface area contributed by atoms with Gasteiger partial charge in [-0.3, -0.25) is 4.99 Å². The fourth-order valence-electron chi connectivity index (χ4n) is 3.22. The van der Waals surface area contributed by atoms with E-state index in [1.165, 1.54) is 11.3 Å². The first-order valence-electron chi connectivity index (χ1n) is 9.46. The van der Waals surface area contributed by atoms with Crippen LogP contribution in [0.2, 0.25) is 0 Å². The van der Waals surface area contributed by atoms with Gasteiger partial charge in [0.1, 0.15) is 24.7 Å². The highest BCUT2D eigenvalue weighted by Gasteiger charge is 2.16. The average molecular weight is 426 g/mol. The first kappa shape index (κ1) is 20.0. The van der Waals surface area contributed by atoms with Crippen LogP contribution in [0.15, 0.2) is 51.9 Å². The van der Waals surface area contributed by atoms with Gasteiger partial charge >= 0.3 is 0 Å². The lowest BCUT2D eigenvalue weighted by Gasteiger charge is -2.18. The van der Waals surface area contributed by atoms with Crippen LogP contribution >= 0.6 is 11.3 Å². The highest BCUT2D eigenvalue weighted by atomic mass is 32.1. The van der Waals surface area contributed by atoms with E-state index in [1.807, 2.05) is 53.4 Å². The SMILES string of the molecule is CN=c1scc(-c2cc(OC)ccc2OC)n1N=C(C)c1ccc2c(c1)OCCO2. The lowest BCUT2D eigenvalue weighted by atomic mass is 10.1. The van der Waals surface area contributed by atoms with Gasteiger partial charge in [-0.2, -0.15) is 5.10 Å². The summed E-state index contributed by atoms with van der Waals surface area (Å²) in [6.45, 7) is 3.07. The highest BCUT2D eigenvalue weighted by molar-refractivity contribution is 7.07. The van der Waals surface area contributed by atoms with Gasteiger partial charge in [-0.15, -0.1) is 11.3 Å². The second-order valence-electron chi connectivity index (χ2n) is 6.55. The van der Waals surface area contributed by atoms with E-state index in [1.54, 1.807) is 21.3 Å². The van der Waals surface area contributed by atoms with Gasteiger partial charge in [0.15, 0.2) is 11.5 Å².